The smallest absolute Gasteiger partial charge is 0.408 e. The Bertz CT molecular complexity index is 1070. The van der Waals surface area contributed by atoms with Gasteiger partial charge < -0.3 is 10.0 Å². The lowest BCUT2D eigenvalue weighted by Gasteiger charge is -2.36. The summed E-state index contributed by atoms with van der Waals surface area (Å²) in [5.41, 5.74) is 2.56. The highest BCUT2D eigenvalue weighted by Crippen LogP contribution is 2.28. The van der Waals surface area contributed by atoms with Crippen molar-refractivity contribution in [3.63, 3.8) is 0 Å². The molecular formula is C24H26FN3O3. The molecule has 1 aliphatic heterocycles. The molecule has 0 spiro atoms. The van der Waals surface area contributed by atoms with Gasteiger partial charge in [0.25, 0.3) is 5.91 Å². The summed E-state index contributed by atoms with van der Waals surface area (Å²) in [6, 6.07) is 11.2. The van der Waals surface area contributed by atoms with Crippen LogP contribution >= 0.6 is 0 Å². The molecule has 7 heteroatoms. The van der Waals surface area contributed by atoms with E-state index in [9.17, 15) is 24.3 Å². The predicted octanol–water partition coefficient (Wildman–Crippen LogP) is 4.33. The minimum atomic E-state index is -1.22. The first kappa shape index (κ1) is 22.3. The normalized spacial score (nSPS) is 14.6. The summed E-state index contributed by atoms with van der Waals surface area (Å²) >= 11 is 0. The number of benzene rings is 2. The Morgan fingerprint density at radius 3 is 2.48 bits per heavy atom. The van der Waals surface area contributed by atoms with Gasteiger partial charge in [-0.1, -0.05) is 24.3 Å². The number of rotatable bonds is 4. The van der Waals surface area contributed by atoms with E-state index in [1.54, 1.807) is 57.0 Å². The average Bonchev–Trinajstić information content (AvgIpc) is 2.70. The van der Waals surface area contributed by atoms with Gasteiger partial charge in [0.1, 0.15) is 11.9 Å². The highest BCUT2D eigenvalue weighted by molar-refractivity contribution is 5.97. The number of hydrogen-bond acceptors (Lipinski definition) is 3. The van der Waals surface area contributed by atoms with Gasteiger partial charge in [-0.05, 0) is 61.6 Å². The number of nitriles is 1. The van der Waals surface area contributed by atoms with Gasteiger partial charge in [0, 0.05) is 31.1 Å². The molecule has 0 saturated carbocycles. The van der Waals surface area contributed by atoms with Crippen LogP contribution in [0.15, 0.2) is 36.4 Å². The third kappa shape index (κ3) is 4.53. The third-order valence-electron chi connectivity index (χ3n) is 5.59. The van der Waals surface area contributed by atoms with Gasteiger partial charge in [0.05, 0.1) is 6.07 Å². The molecule has 162 valence electrons. The van der Waals surface area contributed by atoms with E-state index in [1.165, 1.54) is 6.07 Å². The zero-order chi connectivity index (χ0) is 22.9. The van der Waals surface area contributed by atoms with Crippen LogP contribution in [-0.2, 0) is 12.8 Å². The monoisotopic (exact) mass is 423 g/mol. The van der Waals surface area contributed by atoms with Crippen molar-refractivity contribution < 1.29 is 19.1 Å². The fourth-order valence-corrected chi connectivity index (χ4v) is 3.97. The molecule has 0 aliphatic carbocycles. The van der Waals surface area contributed by atoms with Gasteiger partial charge in [-0.15, -0.1) is 0 Å². The number of nitrogens with zero attached hydrogens (tertiary/aromatic N) is 3. The molecule has 2 aromatic rings. The molecule has 0 bridgehead atoms. The first-order chi connectivity index (χ1) is 14.5. The summed E-state index contributed by atoms with van der Waals surface area (Å²) in [4.78, 5) is 26.7. The van der Waals surface area contributed by atoms with Crippen LogP contribution in [0.4, 0.5) is 9.18 Å². The van der Waals surface area contributed by atoms with Gasteiger partial charge in [-0.3, -0.25) is 9.69 Å². The average molecular weight is 423 g/mol. The Morgan fingerprint density at radius 1 is 1.26 bits per heavy atom. The van der Waals surface area contributed by atoms with Crippen molar-refractivity contribution in [3.05, 3.63) is 58.9 Å². The molecule has 1 N–H and O–H groups in total. The Labute approximate surface area is 181 Å². The highest BCUT2D eigenvalue weighted by atomic mass is 19.1. The largest absolute Gasteiger partial charge is 0.465 e. The van der Waals surface area contributed by atoms with Gasteiger partial charge in [0.2, 0.25) is 0 Å². The first-order valence-corrected chi connectivity index (χ1v) is 10.1. The fourth-order valence-electron chi connectivity index (χ4n) is 3.97. The second-order valence-electron chi connectivity index (χ2n) is 8.83. The molecule has 1 heterocycles. The lowest BCUT2D eigenvalue weighted by atomic mass is 9.93. The van der Waals surface area contributed by atoms with E-state index in [0.717, 1.165) is 22.4 Å². The van der Waals surface area contributed by atoms with Crippen LogP contribution in [0.1, 0.15) is 42.3 Å². The maximum atomic E-state index is 14.9. The predicted molar refractivity (Wildman–Crippen MR) is 115 cm³/mol. The minimum Gasteiger partial charge on any atom is -0.465 e. The van der Waals surface area contributed by atoms with Crippen LogP contribution < -0.4 is 0 Å². The Morgan fingerprint density at radius 2 is 1.90 bits per heavy atom. The Balaban J connectivity index is 1.88. The van der Waals surface area contributed by atoms with E-state index in [2.05, 4.69) is 0 Å². The van der Waals surface area contributed by atoms with Gasteiger partial charge in [0.15, 0.2) is 0 Å². The third-order valence-corrected chi connectivity index (χ3v) is 5.59. The summed E-state index contributed by atoms with van der Waals surface area (Å²) in [7, 11) is 1.77. The van der Waals surface area contributed by atoms with Gasteiger partial charge in [-0.25, -0.2) is 9.18 Å². The molecule has 0 aromatic heterocycles. The molecule has 31 heavy (non-hydrogen) atoms. The maximum Gasteiger partial charge on any atom is 0.408 e. The molecule has 0 radical (unpaired) electrons. The maximum absolute atomic E-state index is 14.9. The van der Waals surface area contributed by atoms with Crippen molar-refractivity contribution >= 4 is 12.0 Å². The van der Waals surface area contributed by atoms with Crippen molar-refractivity contribution in [1.82, 2.24) is 9.80 Å². The minimum absolute atomic E-state index is 0.0151. The lowest BCUT2D eigenvalue weighted by Crippen LogP contribution is -2.51. The molecule has 0 unspecified atom stereocenters. The van der Waals surface area contributed by atoms with E-state index < -0.39 is 23.5 Å². The number of fused-ring (bicyclic) bond motifs is 1. The molecule has 6 nitrogen and oxygen atoms in total. The van der Waals surface area contributed by atoms with Crippen LogP contribution in [0.3, 0.4) is 0 Å². The summed E-state index contributed by atoms with van der Waals surface area (Å²) in [5, 5.41) is 19.1. The number of hydrogen-bond donors (Lipinski definition) is 1. The topological polar surface area (TPSA) is 84.6 Å². The summed E-state index contributed by atoms with van der Waals surface area (Å²) in [6.07, 6.45) is -0.518. The second-order valence-corrected chi connectivity index (χ2v) is 8.83. The van der Waals surface area contributed by atoms with Gasteiger partial charge in [-0.2, -0.15) is 5.26 Å². The van der Waals surface area contributed by atoms with Crippen LogP contribution in [0, 0.1) is 17.1 Å². The lowest BCUT2D eigenvalue weighted by molar-refractivity contribution is 0.0779. The van der Waals surface area contributed by atoms with Crippen molar-refractivity contribution in [2.45, 2.75) is 45.2 Å². The number of amides is 2. The summed E-state index contributed by atoms with van der Waals surface area (Å²) in [5.74, 6) is -0.510. The van der Waals surface area contributed by atoms with Crippen LogP contribution in [0.5, 0.6) is 0 Å². The van der Waals surface area contributed by atoms with Crippen molar-refractivity contribution in [3.8, 4) is 17.2 Å². The molecular weight excluding hydrogens is 397 g/mol. The number of carboxylic acid groups (broad SMARTS) is 1. The number of halogens is 1. The van der Waals surface area contributed by atoms with Crippen molar-refractivity contribution in [2.24, 2.45) is 0 Å². The molecule has 2 amide bonds. The SMILES string of the molecule is CN1CCc2cc(-c3ccc(C[C@@H](C#N)N(C(=O)O)C(C)(C)C)c(F)c3)ccc2C1=O. The van der Waals surface area contributed by atoms with E-state index in [1.807, 2.05) is 12.1 Å². The quantitative estimate of drug-likeness (QED) is 0.793. The molecule has 2 aromatic carbocycles. The molecule has 1 atom stereocenters. The molecule has 0 saturated heterocycles. The van der Waals surface area contributed by atoms with E-state index >= 15 is 0 Å². The van der Waals surface area contributed by atoms with Crippen molar-refractivity contribution in [2.75, 3.05) is 13.6 Å². The number of likely N-dealkylation sites (N-methyl/N-ethyl adjacent to an activating group) is 1. The number of carbonyl (C=O) groups excluding carboxylic acids is 1. The van der Waals surface area contributed by atoms with Crippen molar-refractivity contribution in [1.29, 1.82) is 5.26 Å². The summed E-state index contributed by atoms with van der Waals surface area (Å²) in [6.45, 7) is 5.74. The van der Waals surface area contributed by atoms with E-state index in [0.29, 0.717) is 17.7 Å². The van der Waals surface area contributed by atoms with Gasteiger partial charge >= 0.3 is 6.09 Å². The first-order valence-electron chi connectivity index (χ1n) is 10.1. The number of carbonyl (C=O) groups is 2. The zero-order valence-corrected chi connectivity index (χ0v) is 18.1. The van der Waals surface area contributed by atoms with Crippen LogP contribution in [0.25, 0.3) is 11.1 Å². The Kier molecular flexibility index (Phi) is 6.03. The molecule has 0 fully saturated rings. The Hall–Kier alpha value is -3.40. The van der Waals surface area contributed by atoms with Crippen LogP contribution in [-0.4, -0.2) is 52.1 Å². The highest BCUT2D eigenvalue weighted by Gasteiger charge is 2.34. The zero-order valence-electron chi connectivity index (χ0n) is 18.1. The van der Waals surface area contributed by atoms with Crippen LogP contribution in [0.2, 0.25) is 0 Å². The van der Waals surface area contributed by atoms with E-state index in [-0.39, 0.29) is 17.9 Å². The van der Waals surface area contributed by atoms with E-state index in [4.69, 9.17) is 0 Å². The summed E-state index contributed by atoms with van der Waals surface area (Å²) < 4.78 is 14.9. The second kappa shape index (κ2) is 8.38. The molecule has 3 rings (SSSR count). The standard InChI is InChI=1S/C24H26FN3O3/c1-24(2,3)28(23(30)31)19(14-26)12-18-6-5-16(13-21(18)25)15-7-8-20-17(11-15)9-10-27(4)22(20)29/h5-8,11,13,19H,9-10,12H2,1-4H3,(H,30,31)/t19-/m0/s1. The molecule has 1 aliphatic rings. The fraction of sp³-hybridized carbons (Fsp3) is 0.375.